The summed E-state index contributed by atoms with van der Waals surface area (Å²) in [4.78, 5) is 16.2. The fourth-order valence-electron chi connectivity index (χ4n) is 2.07. The first-order chi connectivity index (χ1) is 11.1. The molecule has 1 amide bonds. The van der Waals surface area contributed by atoms with Crippen LogP contribution in [0.5, 0.6) is 5.75 Å². The molecule has 0 aliphatic rings. The number of phenols is 1. The number of amides is 1. The second-order valence-corrected chi connectivity index (χ2v) is 5.71. The minimum absolute atomic E-state index is 0.107. The first kappa shape index (κ1) is 15.2. The fourth-order valence-corrected chi connectivity index (χ4v) is 2.47. The lowest BCUT2D eigenvalue weighted by atomic mass is 10.2. The Balaban J connectivity index is 1.75. The summed E-state index contributed by atoms with van der Waals surface area (Å²) < 4.78 is 0.820. The minimum atomic E-state index is -0.314. The average molecular weight is 370 g/mol. The van der Waals surface area contributed by atoms with Crippen LogP contribution in [0.3, 0.4) is 0 Å². The molecule has 2 N–H and O–H groups in total. The third kappa shape index (κ3) is 3.54. The van der Waals surface area contributed by atoms with Gasteiger partial charge in [-0.05, 0) is 30.3 Å². The van der Waals surface area contributed by atoms with Crippen LogP contribution in [0.4, 0.5) is 0 Å². The number of hydrogen-bond donors (Lipinski definition) is 2. The molecule has 0 spiro atoms. The monoisotopic (exact) mass is 369 g/mol. The molecule has 0 saturated carbocycles. The summed E-state index contributed by atoms with van der Waals surface area (Å²) in [6, 6.07) is 15.8. The van der Waals surface area contributed by atoms with E-state index in [2.05, 4.69) is 31.4 Å². The Bertz CT molecular complexity index is 909. The van der Waals surface area contributed by atoms with Gasteiger partial charge in [0.2, 0.25) is 0 Å². The van der Waals surface area contributed by atoms with Gasteiger partial charge in [0.15, 0.2) is 0 Å². The van der Waals surface area contributed by atoms with E-state index < -0.39 is 0 Å². The zero-order valence-corrected chi connectivity index (χ0v) is 13.5. The zero-order valence-electron chi connectivity index (χ0n) is 11.9. The number of pyridine rings is 1. The third-order valence-corrected chi connectivity index (χ3v) is 3.66. The predicted octanol–water partition coefficient (Wildman–Crippen LogP) is 3.47. The molecule has 2 aromatic carbocycles. The van der Waals surface area contributed by atoms with Crippen LogP contribution in [0.25, 0.3) is 10.9 Å². The largest absolute Gasteiger partial charge is 0.506 e. The molecule has 0 radical (unpaired) electrons. The molecule has 23 heavy (non-hydrogen) atoms. The van der Waals surface area contributed by atoms with Crippen molar-refractivity contribution in [3.8, 4) is 5.75 Å². The van der Waals surface area contributed by atoms with Gasteiger partial charge < -0.3 is 5.11 Å². The number of nitrogens with zero attached hydrogens (tertiary/aromatic N) is 2. The second kappa shape index (κ2) is 6.58. The van der Waals surface area contributed by atoms with E-state index >= 15 is 0 Å². The van der Waals surface area contributed by atoms with Gasteiger partial charge in [-0.15, -0.1) is 0 Å². The molecule has 6 heteroatoms. The normalized spacial score (nSPS) is 11.0. The highest BCUT2D eigenvalue weighted by atomic mass is 79.9. The van der Waals surface area contributed by atoms with Crippen molar-refractivity contribution in [3.05, 3.63) is 70.3 Å². The summed E-state index contributed by atoms with van der Waals surface area (Å²) in [7, 11) is 0. The predicted molar refractivity (Wildman–Crippen MR) is 92.6 cm³/mol. The molecule has 0 unspecified atom stereocenters. The van der Waals surface area contributed by atoms with E-state index in [9.17, 15) is 9.90 Å². The zero-order chi connectivity index (χ0) is 16.2. The van der Waals surface area contributed by atoms with E-state index in [1.165, 1.54) is 6.21 Å². The van der Waals surface area contributed by atoms with E-state index in [0.29, 0.717) is 16.8 Å². The average Bonchev–Trinajstić information content (AvgIpc) is 2.55. The summed E-state index contributed by atoms with van der Waals surface area (Å²) in [5.74, 6) is -0.206. The smallest absolute Gasteiger partial charge is 0.271 e. The summed E-state index contributed by atoms with van der Waals surface area (Å²) in [5, 5.41) is 14.5. The molecular weight excluding hydrogens is 358 g/mol. The number of nitrogens with one attached hydrogen (secondary N) is 1. The molecule has 3 rings (SSSR count). The van der Waals surface area contributed by atoms with Gasteiger partial charge >= 0.3 is 0 Å². The van der Waals surface area contributed by atoms with Crippen molar-refractivity contribution in [2.75, 3.05) is 0 Å². The SMILES string of the molecule is O=C(N/N=C\c1ccc2cccc(O)c2n1)c1cccc(Br)c1. The molecule has 3 aromatic rings. The highest BCUT2D eigenvalue weighted by Gasteiger charge is 2.04. The van der Waals surface area contributed by atoms with Crippen molar-refractivity contribution in [3.63, 3.8) is 0 Å². The maximum absolute atomic E-state index is 11.9. The van der Waals surface area contributed by atoms with Crippen LogP contribution in [-0.4, -0.2) is 22.2 Å². The van der Waals surface area contributed by atoms with E-state index in [4.69, 9.17) is 0 Å². The van der Waals surface area contributed by atoms with E-state index in [0.717, 1.165) is 9.86 Å². The van der Waals surface area contributed by atoms with Gasteiger partial charge in [0.25, 0.3) is 5.91 Å². The molecule has 0 aliphatic carbocycles. The van der Waals surface area contributed by atoms with Crippen LogP contribution >= 0.6 is 15.9 Å². The summed E-state index contributed by atoms with van der Waals surface area (Å²) in [5.41, 5.74) is 3.98. The van der Waals surface area contributed by atoms with Crippen molar-refractivity contribution in [2.24, 2.45) is 5.10 Å². The Morgan fingerprint density at radius 3 is 2.83 bits per heavy atom. The van der Waals surface area contributed by atoms with Crippen molar-refractivity contribution in [2.45, 2.75) is 0 Å². The molecule has 0 saturated heterocycles. The number of aromatic nitrogens is 1. The summed E-state index contributed by atoms with van der Waals surface area (Å²) in [6.45, 7) is 0. The molecule has 1 aromatic heterocycles. The summed E-state index contributed by atoms with van der Waals surface area (Å²) >= 11 is 3.31. The standard InChI is InChI=1S/C17H12BrN3O2/c18-13-5-1-4-12(9-13)17(23)21-19-10-14-8-7-11-3-2-6-15(22)16(11)20-14/h1-10,22H,(H,21,23)/b19-10-. The molecule has 1 heterocycles. The molecule has 0 atom stereocenters. The van der Waals surface area contributed by atoms with E-state index in [1.807, 2.05) is 18.2 Å². The van der Waals surface area contributed by atoms with Crippen molar-refractivity contribution < 1.29 is 9.90 Å². The number of hydrazone groups is 1. The number of benzene rings is 2. The van der Waals surface area contributed by atoms with Gasteiger partial charge in [-0.25, -0.2) is 10.4 Å². The number of carbonyl (C=O) groups excluding carboxylic acids is 1. The van der Waals surface area contributed by atoms with Gasteiger partial charge in [-0.2, -0.15) is 5.10 Å². The number of phenolic OH excluding ortho intramolecular Hbond substituents is 1. The number of para-hydroxylation sites is 1. The van der Waals surface area contributed by atoms with Crippen LogP contribution < -0.4 is 5.43 Å². The van der Waals surface area contributed by atoms with Crippen molar-refractivity contribution in [1.82, 2.24) is 10.4 Å². The Kier molecular flexibility index (Phi) is 4.34. The highest BCUT2D eigenvalue weighted by Crippen LogP contribution is 2.21. The van der Waals surface area contributed by atoms with Gasteiger partial charge in [0.1, 0.15) is 11.3 Å². The second-order valence-electron chi connectivity index (χ2n) is 4.79. The lowest BCUT2D eigenvalue weighted by molar-refractivity contribution is 0.0955. The maximum atomic E-state index is 11.9. The molecule has 5 nitrogen and oxygen atoms in total. The molecule has 0 aliphatic heterocycles. The lowest BCUT2D eigenvalue weighted by Crippen LogP contribution is -2.17. The Hall–Kier alpha value is -2.73. The number of halogens is 1. The number of carbonyl (C=O) groups is 1. The van der Waals surface area contributed by atoms with E-state index in [1.54, 1.807) is 36.4 Å². The van der Waals surface area contributed by atoms with Crippen molar-refractivity contribution >= 4 is 39.0 Å². The van der Waals surface area contributed by atoms with Gasteiger partial charge in [0, 0.05) is 15.4 Å². The first-order valence-corrected chi connectivity index (χ1v) is 7.60. The summed E-state index contributed by atoms with van der Waals surface area (Å²) in [6.07, 6.45) is 1.43. The molecule has 0 fully saturated rings. The van der Waals surface area contributed by atoms with Crippen LogP contribution in [0, 0.1) is 0 Å². The van der Waals surface area contributed by atoms with Crippen LogP contribution in [0.1, 0.15) is 16.1 Å². The Morgan fingerprint density at radius 1 is 1.17 bits per heavy atom. The van der Waals surface area contributed by atoms with Crippen LogP contribution in [0.2, 0.25) is 0 Å². The topological polar surface area (TPSA) is 74.6 Å². The van der Waals surface area contributed by atoms with Gasteiger partial charge in [0.05, 0.1) is 11.9 Å². The molecule has 0 bridgehead atoms. The van der Waals surface area contributed by atoms with Crippen LogP contribution in [-0.2, 0) is 0 Å². The van der Waals surface area contributed by atoms with Crippen LogP contribution in [0.15, 0.2) is 64.2 Å². The van der Waals surface area contributed by atoms with Gasteiger partial charge in [-0.3, -0.25) is 4.79 Å². The number of rotatable bonds is 3. The number of hydrogen-bond acceptors (Lipinski definition) is 4. The highest BCUT2D eigenvalue weighted by molar-refractivity contribution is 9.10. The number of fused-ring (bicyclic) bond motifs is 1. The van der Waals surface area contributed by atoms with E-state index in [-0.39, 0.29) is 11.7 Å². The maximum Gasteiger partial charge on any atom is 0.271 e. The Labute approximate surface area is 140 Å². The first-order valence-electron chi connectivity index (χ1n) is 6.81. The third-order valence-electron chi connectivity index (χ3n) is 3.17. The molecule has 114 valence electrons. The minimum Gasteiger partial charge on any atom is -0.506 e. The van der Waals surface area contributed by atoms with Crippen molar-refractivity contribution in [1.29, 1.82) is 0 Å². The fraction of sp³-hybridized carbons (Fsp3) is 0. The number of aromatic hydroxyl groups is 1. The quantitative estimate of drug-likeness (QED) is 0.548. The van der Waals surface area contributed by atoms with Gasteiger partial charge in [-0.1, -0.05) is 40.2 Å². The lowest BCUT2D eigenvalue weighted by Gasteiger charge is -2.02. The molecular formula is C17H12BrN3O2. The Morgan fingerprint density at radius 2 is 2.00 bits per heavy atom.